The number of ether oxygens (including phenoxy) is 1. The first-order valence-corrected chi connectivity index (χ1v) is 7.68. The van der Waals surface area contributed by atoms with Gasteiger partial charge in [-0.05, 0) is 24.6 Å². The fourth-order valence-electron chi connectivity index (χ4n) is 2.14. The lowest BCUT2D eigenvalue weighted by atomic mass is 10.1. The van der Waals surface area contributed by atoms with Crippen LogP contribution in [0.25, 0.3) is 0 Å². The minimum Gasteiger partial charge on any atom is -0.383 e. The van der Waals surface area contributed by atoms with Crippen LogP contribution in [0.1, 0.15) is 32.1 Å². The number of hydrogen-bond acceptors (Lipinski definition) is 4. The Labute approximate surface area is 141 Å². The van der Waals surface area contributed by atoms with Crippen LogP contribution in [0.5, 0.6) is 0 Å². The van der Waals surface area contributed by atoms with Gasteiger partial charge in [-0.2, -0.15) is 0 Å². The molecule has 24 heavy (non-hydrogen) atoms. The monoisotopic (exact) mass is 327 g/mol. The van der Waals surface area contributed by atoms with E-state index in [4.69, 9.17) is 4.74 Å². The molecule has 0 unspecified atom stereocenters. The van der Waals surface area contributed by atoms with E-state index in [1.165, 1.54) is 0 Å². The summed E-state index contributed by atoms with van der Waals surface area (Å²) in [7, 11) is 1.56. The molecule has 2 aromatic rings. The van der Waals surface area contributed by atoms with Crippen LogP contribution in [0.4, 0.5) is 0 Å². The molecule has 0 atom stereocenters. The molecule has 0 saturated carbocycles. The number of aromatic nitrogens is 1. The Hall–Kier alpha value is -2.73. The second-order valence-electron chi connectivity index (χ2n) is 5.33. The third kappa shape index (κ3) is 5.17. The molecule has 2 amide bonds. The third-order valence-corrected chi connectivity index (χ3v) is 3.34. The summed E-state index contributed by atoms with van der Waals surface area (Å²) in [4.78, 5) is 28.3. The van der Waals surface area contributed by atoms with Gasteiger partial charge in [-0.1, -0.05) is 35.9 Å². The van der Waals surface area contributed by atoms with E-state index in [1.54, 1.807) is 25.3 Å². The van der Waals surface area contributed by atoms with Crippen molar-refractivity contribution in [2.24, 2.45) is 0 Å². The molecule has 6 nitrogen and oxygen atoms in total. The number of carbonyl (C=O) groups is 2. The molecule has 1 aromatic carbocycles. The Bertz CT molecular complexity index is 716. The van der Waals surface area contributed by atoms with Gasteiger partial charge in [0, 0.05) is 20.2 Å². The van der Waals surface area contributed by atoms with Gasteiger partial charge in [0.2, 0.25) is 0 Å². The SMILES string of the molecule is COCCNC(=O)c1cccc(C(=O)NCc2cccc(C)c2)n1. The van der Waals surface area contributed by atoms with Crippen molar-refractivity contribution < 1.29 is 14.3 Å². The van der Waals surface area contributed by atoms with Crippen LogP contribution < -0.4 is 10.6 Å². The lowest BCUT2D eigenvalue weighted by Gasteiger charge is -2.07. The minimum absolute atomic E-state index is 0.203. The zero-order valence-corrected chi connectivity index (χ0v) is 13.8. The second kappa shape index (κ2) is 8.79. The van der Waals surface area contributed by atoms with E-state index in [0.29, 0.717) is 19.7 Å². The molecule has 0 aliphatic heterocycles. The number of hydrogen-bond donors (Lipinski definition) is 2. The van der Waals surface area contributed by atoms with Gasteiger partial charge in [-0.15, -0.1) is 0 Å². The van der Waals surface area contributed by atoms with Gasteiger partial charge in [0.1, 0.15) is 11.4 Å². The van der Waals surface area contributed by atoms with Crippen LogP contribution in [0.3, 0.4) is 0 Å². The average Bonchev–Trinajstić information content (AvgIpc) is 2.60. The van der Waals surface area contributed by atoms with E-state index in [9.17, 15) is 9.59 Å². The van der Waals surface area contributed by atoms with Crippen molar-refractivity contribution >= 4 is 11.8 Å². The van der Waals surface area contributed by atoms with Gasteiger partial charge >= 0.3 is 0 Å². The maximum atomic E-state index is 12.2. The van der Waals surface area contributed by atoms with E-state index in [0.717, 1.165) is 11.1 Å². The zero-order chi connectivity index (χ0) is 17.4. The van der Waals surface area contributed by atoms with Crippen LogP contribution in [0.15, 0.2) is 42.5 Å². The van der Waals surface area contributed by atoms with Gasteiger partial charge in [0.05, 0.1) is 6.61 Å². The summed E-state index contributed by atoms with van der Waals surface area (Å²) in [6, 6.07) is 12.7. The van der Waals surface area contributed by atoms with Crippen molar-refractivity contribution in [2.45, 2.75) is 13.5 Å². The smallest absolute Gasteiger partial charge is 0.270 e. The van der Waals surface area contributed by atoms with Gasteiger partial charge < -0.3 is 15.4 Å². The summed E-state index contributed by atoms with van der Waals surface area (Å²) in [5.74, 6) is -0.650. The van der Waals surface area contributed by atoms with E-state index >= 15 is 0 Å². The first-order chi connectivity index (χ1) is 11.6. The fraction of sp³-hybridized carbons (Fsp3) is 0.278. The average molecular weight is 327 g/mol. The summed E-state index contributed by atoms with van der Waals surface area (Å²) >= 11 is 0. The molecule has 2 rings (SSSR count). The Morgan fingerprint density at radius 2 is 1.71 bits per heavy atom. The number of methoxy groups -OCH3 is 1. The first kappa shape index (κ1) is 17.6. The topological polar surface area (TPSA) is 80.3 Å². The molecule has 126 valence electrons. The van der Waals surface area contributed by atoms with Crippen LogP contribution >= 0.6 is 0 Å². The highest BCUT2D eigenvalue weighted by atomic mass is 16.5. The number of pyridine rings is 1. The van der Waals surface area contributed by atoms with Gasteiger partial charge in [0.15, 0.2) is 0 Å². The van der Waals surface area contributed by atoms with Crippen LogP contribution in [-0.2, 0) is 11.3 Å². The quantitative estimate of drug-likeness (QED) is 0.759. The largest absolute Gasteiger partial charge is 0.383 e. The van der Waals surface area contributed by atoms with Crippen molar-refractivity contribution in [3.05, 3.63) is 65.0 Å². The van der Waals surface area contributed by atoms with Gasteiger partial charge in [-0.25, -0.2) is 4.98 Å². The van der Waals surface area contributed by atoms with Crippen LogP contribution in [-0.4, -0.2) is 37.1 Å². The van der Waals surface area contributed by atoms with Gasteiger partial charge in [-0.3, -0.25) is 9.59 Å². The number of aryl methyl sites for hydroxylation is 1. The van der Waals surface area contributed by atoms with Crippen molar-refractivity contribution in [1.29, 1.82) is 0 Å². The number of amides is 2. The maximum absolute atomic E-state index is 12.2. The number of rotatable bonds is 7. The predicted octanol–water partition coefficient (Wildman–Crippen LogP) is 1.70. The lowest BCUT2D eigenvalue weighted by molar-refractivity contribution is 0.0930. The number of carbonyl (C=O) groups excluding carboxylic acids is 2. The highest BCUT2D eigenvalue weighted by molar-refractivity contribution is 5.96. The Kier molecular flexibility index (Phi) is 6.45. The Morgan fingerprint density at radius 1 is 1.04 bits per heavy atom. The number of nitrogens with one attached hydrogen (secondary N) is 2. The molecule has 0 bridgehead atoms. The van der Waals surface area contributed by atoms with Crippen molar-refractivity contribution in [1.82, 2.24) is 15.6 Å². The molecule has 0 fully saturated rings. The normalized spacial score (nSPS) is 10.2. The van der Waals surface area contributed by atoms with Crippen LogP contribution in [0.2, 0.25) is 0 Å². The summed E-state index contributed by atoms with van der Waals surface area (Å²) in [6.45, 7) is 3.22. The first-order valence-electron chi connectivity index (χ1n) is 7.68. The molecular formula is C18H21N3O3. The summed E-state index contributed by atoms with van der Waals surface area (Å²) in [6.07, 6.45) is 0. The molecule has 2 N–H and O–H groups in total. The van der Waals surface area contributed by atoms with E-state index in [2.05, 4.69) is 15.6 Å². The molecule has 0 aliphatic carbocycles. The molecule has 1 aromatic heterocycles. The second-order valence-corrected chi connectivity index (χ2v) is 5.33. The molecule has 0 radical (unpaired) electrons. The number of nitrogens with zero attached hydrogens (tertiary/aromatic N) is 1. The maximum Gasteiger partial charge on any atom is 0.270 e. The highest BCUT2D eigenvalue weighted by Gasteiger charge is 2.12. The van der Waals surface area contributed by atoms with Crippen molar-refractivity contribution in [2.75, 3.05) is 20.3 Å². The highest BCUT2D eigenvalue weighted by Crippen LogP contribution is 2.05. The Morgan fingerprint density at radius 3 is 2.38 bits per heavy atom. The van der Waals surface area contributed by atoms with Gasteiger partial charge in [0.25, 0.3) is 11.8 Å². The lowest BCUT2D eigenvalue weighted by Crippen LogP contribution is -2.29. The van der Waals surface area contributed by atoms with E-state index < -0.39 is 0 Å². The summed E-state index contributed by atoms with van der Waals surface area (Å²) in [5.41, 5.74) is 2.56. The summed E-state index contributed by atoms with van der Waals surface area (Å²) in [5, 5.41) is 5.48. The summed E-state index contributed by atoms with van der Waals surface area (Å²) < 4.78 is 4.87. The number of benzene rings is 1. The molecule has 6 heteroatoms. The molecule has 1 heterocycles. The zero-order valence-electron chi connectivity index (χ0n) is 13.8. The fourth-order valence-corrected chi connectivity index (χ4v) is 2.14. The van der Waals surface area contributed by atoms with E-state index in [-0.39, 0.29) is 23.2 Å². The van der Waals surface area contributed by atoms with Crippen LogP contribution in [0, 0.1) is 6.92 Å². The molecule has 0 aliphatic rings. The van der Waals surface area contributed by atoms with Crippen molar-refractivity contribution in [3.63, 3.8) is 0 Å². The molecular weight excluding hydrogens is 306 g/mol. The van der Waals surface area contributed by atoms with Crippen molar-refractivity contribution in [3.8, 4) is 0 Å². The standard InChI is InChI=1S/C18H21N3O3/c1-13-5-3-6-14(11-13)12-20-18(23)16-8-4-7-15(21-16)17(22)19-9-10-24-2/h3-8,11H,9-10,12H2,1-2H3,(H,19,22)(H,20,23). The molecule has 0 saturated heterocycles. The van der Waals surface area contributed by atoms with E-state index in [1.807, 2.05) is 31.2 Å². The third-order valence-electron chi connectivity index (χ3n) is 3.34. The Balaban J connectivity index is 1.97. The minimum atomic E-state index is -0.333. The molecule has 0 spiro atoms. The predicted molar refractivity (Wildman–Crippen MR) is 90.8 cm³/mol.